The number of ether oxygens (including phenoxy) is 1. The number of amides is 1. The lowest BCUT2D eigenvalue weighted by Crippen LogP contribution is -2.26. The van der Waals surface area contributed by atoms with E-state index in [0.717, 1.165) is 10.9 Å². The molecule has 0 aliphatic carbocycles. The third kappa shape index (κ3) is 4.10. The van der Waals surface area contributed by atoms with Crippen LogP contribution in [0.1, 0.15) is 24.0 Å². The van der Waals surface area contributed by atoms with Gasteiger partial charge in [0.15, 0.2) is 0 Å². The molecule has 6 heteroatoms. The Morgan fingerprint density at radius 1 is 1.39 bits per heavy atom. The van der Waals surface area contributed by atoms with Crippen LogP contribution in [0.5, 0.6) is 5.75 Å². The Balaban J connectivity index is 2.18. The van der Waals surface area contributed by atoms with Crippen LogP contribution in [-0.2, 0) is 11.2 Å². The molecule has 0 bridgehead atoms. The number of hydrogen-bond donors (Lipinski definition) is 2. The maximum Gasteiger partial charge on any atom is 0.339 e. The van der Waals surface area contributed by atoms with Gasteiger partial charge in [0, 0.05) is 36.6 Å². The zero-order chi connectivity index (χ0) is 16.8. The Morgan fingerprint density at radius 2 is 2.17 bits per heavy atom. The molecule has 0 unspecified atom stereocenters. The minimum atomic E-state index is -0.425. The van der Waals surface area contributed by atoms with Gasteiger partial charge in [-0.25, -0.2) is 4.79 Å². The quantitative estimate of drug-likeness (QED) is 0.597. The van der Waals surface area contributed by atoms with Crippen LogP contribution in [0.25, 0.3) is 11.0 Å². The molecule has 0 saturated heterocycles. The molecule has 0 atom stereocenters. The molecule has 0 saturated carbocycles. The van der Waals surface area contributed by atoms with Gasteiger partial charge in [0.25, 0.3) is 0 Å². The third-order valence-electron chi connectivity index (χ3n) is 3.75. The van der Waals surface area contributed by atoms with E-state index < -0.39 is 5.63 Å². The van der Waals surface area contributed by atoms with Crippen LogP contribution in [0.4, 0.5) is 0 Å². The number of methoxy groups -OCH3 is 1. The number of rotatable bonds is 7. The van der Waals surface area contributed by atoms with Gasteiger partial charge in [-0.3, -0.25) is 4.79 Å². The van der Waals surface area contributed by atoms with Gasteiger partial charge in [0.2, 0.25) is 5.91 Å². The lowest BCUT2D eigenvalue weighted by molar-refractivity contribution is -0.121. The summed E-state index contributed by atoms with van der Waals surface area (Å²) in [6.45, 7) is 2.32. The predicted octanol–water partition coefficient (Wildman–Crippen LogP) is 1.54. The van der Waals surface area contributed by atoms with E-state index in [4.69, 9.17) is 14.3 Å². The van der Waals surface area contributed by atoms with Crippen molar-refractivity contribution in [3.63, 3.8) is 0 Å². The van der Waals surface area contributed by atoms with Crippen molar-refractivity contribution in [3.05, 3.63) is 39.7 Å². The largest absolute Gasteiger partial charge is 0.497 e. The Bertz CT molecular complexity index is 750. The second-order valence-electron chi connectivity index (χ2n) is 5.28. The molecule has 1 aromatic heterocycles. The first kappa shape index (κ1) is 17.0. The number of carbonyl (C=O) groups is 1. The first-order valence-corrected chi connectivity index (χ1v) is 7.54. The number of aryl methyl sites for hydroxylation is 1. The molecule has 23 heavy (non-hydrogen) atoms. The highest BCUT2D eigenvalue weighted by Crippen LogP contribution is 2.24. The molecule has 6 nitrogen and oxygen atoms in total. The SMILES string of the molecule is COc1ccc2c(C)c(CCC(=O)NCCCO)c(=O)oc2c1. The molecule has 0 aliphatic heterocycles. The fraction of sp³-hybridized carbons (Fsp3) is 0.412. The first-order chi connectivity index (χ1) is 11.1. The Morgan fingerprint density at radius 3 is 2.87 bits per heavy atom. The van der Waals surface area contributed by atoms with E-state index in [1.54, 1.807) is 19.2 Å². The number of aliphatic hydroxyl groups excluding tert-OH is 1. The molecule has 0 radical (unpaired) electrons. The van der Waals surface area contributed by atoms with E-state index in [0.29, 0.717) is 36.3 Å². The van der Waals surface area contributed by atoms with E-state index in [1.807, 2.05) is 13.0 Å². The molecule has 2 rings (SSSR count). The number of aliphatic hydroxyl groups is 1. The van der Waals surface area contributed by atoms with Crippen LogP contribution in [-0.4, -0.2) is 31.3 Å². The maximum atomic E-state index is 12.2. The Hall–Kier alpha value is -2.34. The van der Waals surface area contributed by atoms with Crippen molar-refractivity contribution in [3.8, 4) is 5.75 Å². The van der Waals surface area contributed by atoms with Gasteiger partial charge in [-0.05, 0) is 37.5 Å². The summed E-state index contributed by atoms with van der Waals surface area (Å²) in [7, 11) is 1.55. The van der Waals surface area contributed by atoms with E-state index in [9.17, 15) is 9.59 Å². The van der Waals surface area contributed by atoms with E-state index >= 15 is 0 Å². The average molecular weight is 319 g/mol. The first-order valence-electron chi connectivity index (χ1n) is 7.54. The zero-order valence-corrected chi connectivity index (χ0v) is 13.3. The normalized spacial score (nSPS) is 10.7. The minimum absolute atomic E-state index is 0.0388. The van der Waals surface area contributed by atoms with Crippen molar-refractivity contribution < 1.29 is 19.1 Å². The second-order valence-corrected chi connectivity index (χ2v) is 5.28. The van der Waals surface area contributed by atoms with Crippen molar-refractivity contribution in [2.24, 2.45) is 0 Å². The molecule has 1 aromatic carbocycles. The summed E-state index contributed by atoms with van der Waals surface area (Å²) in [4.78, 5) is 23.9. The predicted molar refractivity (Wildman–Crippen MR) is 86.8 cm³/mol. The number of carbonyl (C=O) groups excluding carboxylic acids is 1. The van der Waals surface area contributed by atoms with Gasteiger partial charge in [-0.1, -0.05) is 0 Å². The standard InChI is InChI=1S/C17H21NO5/c1-11-13-5-4-12(22-2)10-15(13)23-17(21)14(11)6-7-16(20)18-8-3-9-19/h4-5,10,19H,3,6-9H2,1-2H3,(H,18,20). The lowest BCUT2D eigenvalue weighted by atomic mass is 10.0. The topological polar surface area (TPSA) is 88.8 Å². The van der Waals surface area contributed by atoms with E-state index in [-0.39, 0.29) is 18.9 Å². The van der Waals surface area contributed by atoms with Gasteiger partial charge < -0.3 is 19.6 Å². The summed E-state index contributed by atoms with van der Waals surface area (Å²) in [6.07, 6.45) is 1.05. The van der Waals surface area contributed by atoms with Crippen LogP contribution in [0.3, 0.4) is 0 Å². The molecule has 124 valence electrons. The third-order valence-corrected chi connectivity index (χ3v) is 3.75. The lowest BCUT2D eigenvalue weighted by Gasteiger charge is -2.09. The highest BCUT2D eigenvalue weighted by Gasteiger charge is 2.13. The van der Waals surface area contributed by atoms with Crippen molar-refractivity contribution in [1.82, 2.24) is 5.32 Å². The number of benzene rings is 1. The van der Waals surface area contributed by atoms with Crippen LogP contribution < -0.4 is 15.7 Å². The van der Waals surface area contributed by atoms with E-state index in [1.165, 1.54) is 0 Å². The number of hydrogen-bond acceptors (Lipinski definition) is 5. The molecule has 2 aromatic rings. The summed E-state index contributed by atoms with van der Waals surface area (Å²) in [6, 6.07) is 5.33. The molecule has 1 heterocycles. The second kappa shape index (κ2) is 7.78. The highest BCUT2D eigenvalue weighted by atomic mass is 16.5. The summed E-state index contributed by atoms with van der Waals surface area (Å²) in [5.74, 6) is 0.475. The van der Waals surface area contributed by atoms with Crippen molar-refractivity contribution in [2.45, 2.75) is 26.2 Å². The summed E-state index contributed by atoms with van der Waals surface area (Å²) >= 11 is 0. The minimum Gasteiger partial charge on any atom is -0.497 e. The van der Waals surface area contributed by atoms with Crippen LogP contribution in [0, 0.1) is 6.92 Å². The molecule has 2 N–H and O–H groups in total. The van der Waals surface area contributed by atoms with Gasteiger partial charge in [0.1, 0.15) is 11.3 Å². The van der Waals surface area contributed by atoms with Gasteiger partial charge in [-0.2, -0.15) is 0 Å². The van der Waals surface area contributed by atoms with Crippen molar-refractivity contribution in [1.29, 1.82) is 0 Å². The fourth-order valence-corrected chi connectivity index (χ4v) is 2.42. The molecule has 0 fully saturated rings. The smallest absolute Gasteiger partial charge is 0.339 e. The highest BCUT2D eigenvalue weighted by molar-refractivity contribution is 5.82. The van der Waals surface area contributed by atoms with Crippen molar-refractivity contribution in [2.75, 3.05) is 20.3 Å². The summed E-state index contributed by atoms with van der Waals surface area (Å²) in [5, 5.41) is 12.2. The average Bonchev–Trinajstić information content (AvgIpc) is 2.54. The number of fused-ring (bicyclic) bond motifs is 1. The summed E-state index contributed by atoms with van der Waals surface area (Å²) in [5.41, 5.74) is 1.39. The Labute approximate surface area is 134 Å². The fourth-order valence-electron chi connectivity index (χ4n) is 2.42. The Kier molecular flexibility index (Phi) is 5.76. The molecule has 0 spiro atoms. The monoisotopic (exact) mass is 319 g/mol. The zero-order valence-electron chi connectivity index (χ0n) is 13.3. The van der Waals surface area contributed by atoms with Crippen LogP contribution in [0.15, 0.2) is 27.4 Å². The van der Waals surface area contributed by atoms with Crippen LogP contribution in [0.2, 0.25) is 0 Å². The summed E-state index contributed by atoms with van der Waals surface area (Å²) < 4.78 is 10.5. The molecule has 0 aliphatic rings. The van der Waals surface area contributed by atoms with Gasteiger partial charge in [0.05, 0.1) is 7.11 Å². The van der Waals surface area contributed by atoms with Gasteiger partial charge >= 0.3 is 5.63 Å². The van der Waals surface area contributed by atoms with Crippen molar-refractivity contribution >= 4 is 16.9 Å². The molecular formula is C17H21NO5. The molecule has 1 amide bonds. The van der Waals surface area contributed by atoms with Gasteiger partial charge in [-0.15, -0.1) is 0 Å². The number of nitrogens with one attached hydrogen (secondary N) is 1. The molecular weight excluding hydrogens is 298 g/mol. The van der Waals surface area contributed by atoms with Crippen LogP contribution >= 0.6 is 0 Å². The van der Waals surface area contributed by atoms with E-state index in [2.05, 4.69) is 5.32 Å². The maximum absolute atomic E-state index is 12.2.